The summed E-state index contributed by atoms with van der Waals surface area (Å²) in [7, 11) is 1.66. The number of aliphatic hydroxyl groups is 1. The zero-order valence-electron chi connectivity index (χ0n) is 11.4. The van der Waals surface area contributed by atoms with Crippen molar-refractivity contribution >= 4 is 0 Å². The lowest BCUT2D eigenvalue weighted by atomic mass is 9.89. The number of ether oxygens (including phenoxy) is 1. The van der Waals surface area contributed by atoms with E-state index in [4.69, 9.17) is 4.74 Å². The molecule has 1 aromatic carbocycles. The van der Waals surface area contributed by atoms with Gasteiger partial charge in [0, 0.05) is 6.42 Å². The minimum atomic E-state index is -0.612. The maximum Gasteiger partial charge on any atom is 0.118 e. The lowest BCUT2D eigenvalue weighted by Crippen LogP contribution is -2.27. The van der Waals surface area contributed by atoms with Gasteiger partial charge >= 0.3 is 0 Å². The minimum Gasteiger partial charge on any atom is -0.497 e. The molecule has 0 fully saturated rings. The summed E-state index contributed by atoms with van der Waals surface area (Å²) in [5, 5.41) is 10.3. The zero-order valence-corrected chi connectivity index (χ0v) is 11.4. The standard InChI is InChI=1S/C15H24O2/c1-12(2)9-10-15(3,16)11-13-5-7-14(17-4)8-6-13/h5-8,12,16H,9-11H2,1-4H3. The molecule has 1 N–H and O–H groups in total. The fraction of sp³-hybridized carbons (Fsp3) is 0.600. The third-order valence-corrected chi connectivity index (χ3v) is 3.00. The maximum atomic E-state index is 10.3. The molecule has 0 aliphatic heterocycles. The molecule has 0 aliphatic rings. The second-order valence-electron chi connectivity index (χ2n) is 5.45. The number of methoxy groups -OCH3 is 1. The average molecular weight is 236 g/mol. The van der Waals surface area contributed by atoms with Gasteiger partial charge in [-0.2, -0.15) is 0 Å². The first-order valence-electron chi connectivity index (χ1n) is 6.28. The monoisotopic (exact) mass is 236 g/mol. The molecule has 0 aromatic heterocycles. The lowest BCUT2D eigenvalue weighted by molar-refractivity contribution is 0.0457. The molecule has 96 valence electrons. The summed E-state index contributed by atoms with van der Waals surface area (Å²) in [6, 6.07) is 7.91. The molecular weight excluding hydrogens is 212 g/mol. The third kappa shape index (κ3) is 5.22. The first kappa shape index (κ1) is 14.0. The van der Waals surface area contributed by atoms with Gasteiger partial charge in [0.1, 0.15) is 5.75 Å². The van der Waals surface area contributed by atoms with E-state index in [1.54, 1.807) is 7.11 Å². The van der Waals surface area contributed by atoms with Crippen LogP contribution in [0.1, 0.15) is 39.2 Å². The van der Waals surface area contributed by atoms with E-state index in [0.717, 1.165) is 24.2 Å². The van der Waals surface area contributed by atoms with Crippen LogP contribution in [-0.4, -0.2) is 17.8 Å². The van der Waals surface area contributed by atoms with Gasteiger partial charge in [-0.15, -0.1) is 0 Å². The number of benzene rings is 1. The van der Waals surface area contributed by atoms with Gasteiger partial charge in [-0.25, -0.2) is 0 Å². The van der Waals surface area contributed by atoms with Crippen molar-refractivity contribution in [2.45, 2.75) is 45.6 Å². The van der Waals surface area contributed by atoms with E-state index in [1.165, 1.54) is 0 Å². The Morgan fingerprint density at radius 3 is 2.29 bits per heavy atom. The number of hydrogen-bond acceptors (Lipinski definition) is 2. The molecule has 1 atom stereocenters. The van der Waals surface area contributed by atoms with Crippen LogP contribution in [-0.2, 0) is 6.42 Å². The second kappa shape index (κ2) is 6.06. The van der Waals surface area contributed by atoms with Crippen molar-refractivity contribution in [3.63, 3.8) is 0 Å². The molecule has 0 radical (unpaired) electrons. The summed E-state index contributed by atoms with van der Waals surface area (Å²) >= 11 is 0. The molecule has 2 nitrogen and oxygen atoms in total. The highest BCUT2D eigenvalue weighted by atomic mass is 16.5. The van der Waals surface area contributed by atoms with Gasteiger partial charge in [-0.3, -0.25) is 0 Å². The Hall–Kier alpha value is -1.02. The molecule has 0 aliphatic carbocycles. The minimum absolute atomic E-state index is 0.612. The molecule has 17 heavy (non-hydrogen) atoms. The topological polar surface area (TPSA) is 29.5 Å². The van der Waals surface area contributed by atoms with E-state index < -0.39 is 5.60 Å². The first-order chi connectivity index (χ1) is 7.93. The van der Waals surface area contributed by atoms with Gasteiger partial charge in [-0.05, 0) is 43.4 Å². The Morgan fingerprint density at radius 2 is 1.82 bits per heavy atom. The summed E-state index contributed by atoms with van der Waals surface area (Å²) in [6.07, 6.45) is 2.60. The van der Waals surface area contributed by atoms with E-state index in [9.17, 15) is 5.11 Å². The molecule has 0 amide bonds. The molecule has 2 heteroatoms. The molecule has 1 rings (SSSR count). The van der Waals surface area contributed by atoms with Crippen LogP contribution in [0.15, 0.2) is 24.3 Å². The van der Waals surface area contributed by atoms with Crippen LogP contribution in [0.5, 0.6) is 5.75 Å². The zero-order chi connectivity index (χ0) is 12.9. The third-order valence-electron chi connectivity index (χ3n) is 3.00. The highest BCUT2D eigenvalue weighted by Crippen LogP contribution is 2.22. The van der Waals surface area contributed by atoms with Gasteiger partial charge in [-0.1, -0.05) is 26.0 Å². The van der Waals surface area contributed by atoms with Gasteiger partial charge < -0.3 is 9.84 Å². The Bertz CT molecular complexity index is 325. The predicted molar refractivity (Wildman–Crippen MR) is 71.4 cm³/mol. The van der Waals surface area contributed by atoms with Crippen LogP contribution < -0.4 is 4.74 Å². The van der Waals surface area contributed by atoms with Crippen LogP contribution in [0, 0.1) is 5.92 Å². The summed E-state index contributed by atoms with van der Waals surface area (Å²) in [5.41, 5.74) is 0.540. The molecule has 1 unspecified atom stereocenters. The van der Waals surface area contributed by atoms with Crippen molar-refractivity contribution in [2.24, 2.45) is 5.92 Å². The van der Waals surface area contributed by atoms with Gasteiger partial charge in [0.25, 0.3) is 0 Å². The Labute approximate surface area is 105 Å². The van der Waals surface area contributed by atoms with Crippen molar-refractivity contribution in [2.75, 3.05) is 7.11 Å². The predicted octanol–water partition coefficient (Wildman–Crippen LogP) is 3.42. The summed E-state index contributed by atoms with van der Waals surface area (Å²) in [6.45, 7) is 6.28. The van der Waals surface area contributed by atoms with Crippen LogP contribution in [0.2, 0.25) is 0 Å². The van der Waals surface area contributed by atoms with Crippen molar-refractivity contribution < 1.29 is 9.84 Å². The van der Waals surface area contributed by atoms with Crippen molar-refractivity contribution in [3.8, 4) is 5.75 Å². The summed E-state index contributed by atoms with van der Waals surface area (Å²) < 4.78 is 5.12. The van der Waals surface area contributed by atoms with E-state index in [1.807, 2.05) is 31.2 Å². The molecule has 1 aromatic rings. The van der Waals surface area contributed by atoms with Crippen LogP contribution >= 0.6 is 0 Å². The van der Waals surface area contributed by atoms with E-state index in [0.29, 0.717) is 12.3 Å². The molecule has 0 saturated carbocycles. The van der Waals surface area contributed by atoms with E-state index >= 15 is 0 Å². The van der Waals surface area contributed by atoms with Gasteiger partial charge in [0.15, 0.2) is 0 Å². The highest BCUT2D eigenvalue weighted by molar-refractivity contribution is 5.27. The first-order valence-corrected chi connectivity index (χ1v) is 6.28. The molecule has 0 spiro atoms. The largest absolute Gasteiger partial charge is 0.497 e. The smallest absolute Gasteiger partial charge is 0.118 e. The molecule has 0 heterocycles. The van der Waals surface area contributed by atoms with Crippen LogP contribution in [0.3, 0.4) is 0 Å². The Kier molecular flexibility index (Phi) is 5.01. The molecule has 0 bridgehead atoms. The van der Waals surface area contributed by atoms with Crippen LogP contribution in [0.25, 0.3) is 0 Å². The van der Waals surface area contributed by atoms with Crippen molar-refractivity contribution in [1.82, 2.24) is 0 Å². The van der Waals surface area contributed by atoms with E-state index in [-0.39, 0.29) is 0 Å². The fourth-order valence-corrected chi connectivity index (χ4v) is 1.87. The maximum absolute atomic E-state index is 10.3. The second-order valence-corrected chi connectivity index (χ2v) is 5.45. The van der Waals surface area contributed by atoms with E-state index in [2.05, 4.69) is 13.8 Å². The van der Waals surface area contributed by atoms with Crippen LogP contribution in [0.4, 0.5) is 0 Å². The van der Waals surface area contributed by atoms with Gasteiger partial charge in [0.2, 0.25) is 0 Å². The summed E-state index contributed by atoms with van der Waals surface area (Å²) in [5.74, 6) is 1.49. The van der Waals surface area contributed by atoms with Crippen molar-refractivity contribution in [1.29, 1.82) is 0 Å². The Balaban J connectivity index is 2.56. The number of rotatable bonds is 6. The highest BCUT2D eigenvalue weighted by Gasteiger charge is 2.20. The molecular formula is C15H24O2. The SMILES string of the molecule is COc1ccc(CC(C)(O)CCC(C)C)cc1. The van der Waals surface area contributed by atoms with Crippen molar-refractivity contribution in [3.05, 3.63) is 29.8 Å². The average Bonchev–Trinajstić information content (AvgIpc) is 2.27. The summed E-state index contributed by atoms with van der Waals surface area (Å²) in [4.78, 5) is 0. The lowest BCUT2D eigenvalue weighted by Gasteiger charge is -2.24. The quantitative estimate of drug-likeness (QED) is 0.820. The number of hydrogen-bond donors (Lipinski definition) is 1. The fourth-order valence-electron chi connectivity index (χ4n) is 1.87. The normalized spacial score (nSPS) is 14.7. The molecule has 0 saturated heterocycles. The van der Waals surface area contributed by atoms with Gasteiger partial charge in [0.05, 0.1) is 12.7 Å². The Morgan fingerprint density at radius 1 is 1.24 bits per heavy atom.